The minimum absolute atomic E-state index is 0.0327. The molecule has 43 heteroatoms. The number of anilines is 6. The number of hydroxylamine groups is 4. The SMILES string of the molecule is CB1Cc2nn(C)c(C#N)c2-c2cnc(N)c(c2)O[C@H](C)c2cc(C)ccc2O1.Cc1ccc2c(c1)[C@@H](C)Oc1cc(cnc1N)-c1c(nn(C)c1C#N)C(=O)N(C)C2=O.Cc1ccc2c(c1)[C@@H](C)Oc1cc(cnc1N)-c1c(nn(C)c1C#N)C(=O)N(C)O2.Cc1ccc2c(c1)[C@@H](C)Oc1cc(cnc1N)-c1c(nn(C)c1C#N)N=C(N(C)C)N2.Cc1ccc2c(c1)[C@@H](C)Oc1cc(cnc1N)-c1c(nn(C)c1C#N)ON(C)C2. The van der Waals surface area contributed by atoms with Gasteiger partial charge in [-0.15, -0.1) is 10.2 Å². The highest BCUT2D eigenvalue weighted by molar-refractivity contribution is 6.50. The molecule has 15 aromatic rings. The first-order chi connectivity index (χ1) is 71.5. The molecule has 5 aliphatic heterocycles. The Balaban J connectivity index is 0.000000133. The van der Waals surface area contributed by atoms with Gasteiger partial charge in [0.05, 0.1) is 34.5 Å². The second-order valence-corrected chi connectivity index (χ2v) is 36.9. The van der Waals surface area contributed by atoms with E-state index in [-0.39, 0.29) is 82.6 Å². The monoisotopic (exact) mass is 2010 g/mol. The maximum absolute atomic E-state index is 13.3. The number of imide groups is 1. The molecule has 20 rings (SSSR count). The Kier molecular flexibility index (Phi) is 29.3. The molecular weight excluding hydrogens is 1910 g/mol. The van der Waals surface area contributed by atoms with Crippen molar-refractivity contribution >= 4 is 71.2 Å². The fourth-order valence-electron chi connectivity index (χ4n) is 17.9. The number of hydrogen-bond donors (Lipinski definition) is 6. The number of nitriles is 5. The number of fused-ring (bicyclic) bond motifs is 25. The number of aromatic nitrogens is 15. The number of nitrogens with two attached hydrogens (primary N) is 5. The number of nitrogens with one attached hydrogen (secondary N) is 1. The summed E-state index contributed by atoms with van der Waals surface area (Å²) in [6.45, 7) is 21.9. The van der Waals surface area contributed by atoms with E-state index in [0.29, 0.717) is 132 Å². The number of carbonyl (C=O) groups is 3. The summed E-state index contributed by atoms with van der Waals surface area (Å²) in [5.74, 6) is 4.09. The second-order valence-electron chi connectivity index (χ2n) is 36.9. The van der Waals surface area contributed by atoms with E-state index in [1.807, 2.05) is 144 Å². The van der Waals surface area contributed by atoms with Crippen LogP contribution in [0.4, 0.5) is 40.6 Å². The van der Waals surface area contributed by atoms with Crippen molar-refractivity contribution in [3.63, 3.8) is 0 Å². The topological polar surface area (TPSA) is 565 Å². The lowest BCUT2D eigenvalue weighted by molar-refractivity contribution is -0.0449. The summed E-state index contributed by atoms with van der Waals surface area (Å²) >= 11 is 0. The lowest BCUT2D eigenvalue weighted by Gasteiger charge is -2.24. The van der Waals surface area contributed by atoms with E-state index in [0.717, 1.165) is 93.9 Å². The van der Waals surface area contributed by atoms with Crippen LogP contribution in [0.5, 0.6) is 46.1 Å². The number of nitrogens with zero attached hydrogens (tertiary/aromatic N) is 25. The summed E-state index contributed by atoms with van der Waals surface area (Å²) in [7, 11) is 16.8. The van der Waals surface area contributed by atoms with Gasteiger partial charge in [-0.3, -0.25) is 42.7 Å². The van der Waals surface area contributed by atoms with E-state index >= 15 is 0 Å². The van der Waals surface area contributed by atoms with Crippen molar-refractivity contribution in [3.8, 4) is 132 Å². The van der Waals surface area contributed by atoms with Gasteiger partial charge in [0.25, 0.3) is 17.7 Å². The van der Waals surface area contributed by atoms with Crippen molar-refractivity contribution in [2.24, 2.45) is 40.2 Å². The molecule has 5 aromatic carbocycles. The number of rotatable bonds is 0. The number of aryl methyl sites for hydroxylation is 10. The van der Waals surface area contributed by atoms with Crippen LogP contribution in [-0.4, -0.2) is 160 Å². The van der Waals surface area contributed by atoms with Crippen LogP contribution in [0.3, 0.4) is 0 Å². The Morgan fingerprint density at radius 3 is 1.25 bits per heavy atom. The minimum atomic E-state index is -0.629. The average Bonchev–Trinajstić information content (AvgIpc) is 1.57. The van der Waals surface area contributed by atoms with E-state index in [9.17, 15) is 40.7 Å². The Bertz CT molecular complexity index is 8000. The first kappa shape index (κ1) is 104. The summed E-state index contributed by atoms with van der Waals surface area (Å²) < 4.78 is 44.4. The molecule has 5 atom stereocenters. The third-order valence-corrected chi connectivity index (χ3v) is 25.5. The van der Waals surface area contributed by atoms with E-state index in [1.165, 1.54) is 45.2 Å². The van der Waals surface area contributed by atoms with Crippen LogP contribution >= 0.6 is 0 Å². The molecule has 0 spiro atoms. The molecule has 0 saturated heterocycles. The number of carbonyl (C=O) groups excluding carboxylic acids is 3. The number of guanidine groups is 1. The first-order valence-electron chi connectivity index (χ1n) is 47.4. The highest BCUT2D eigenvalue weighted by Crippen LogP contribution is 2.46. The molecule has 42 nitrogen and oxygen atoms in total. The predicted molar refractivity (Wildman–Crippen MR) is 561 cm³/mol. The highest BCUT2D eigenvalue weighted by atomic mass is 16.7. The number of pyridine rings is 5. The van der Waals surface area contributed by atoms with E-state index in [2.05, 4.69) is 116 Å². The molecule has 150 heavy (non-hydrogen) atoms. The lowest BCUT2D eigenvalue weighted by Crippen LogP contribution is -2.35. The van der Waals surface area contributed by atoms with Gasteiger partial charge in [0.15, 0.2) is 80.8 Å². The molecule has 0 saturated carbocycles. The molecule has 760 valence electrons. The predicted octanol–water partition coefficient (Wildman–Crippen LogP) is 15.3. The molecule has 10 aromatic heterocycles. The van der Waals surface area contributed by atoms with Gasteiger partial charge in [-0.2, -0.15) is 56.8 Å². The zero-order valence-electron chi connectivity index (χ0n) is 86.4. The largest absolute Gasteiger partial charge is 0.560 e. The summed E-state index contributed by atoms with van der Waals surface area (Å²) in [5.41, 5.74) is 50.1. The fraction of sp³-hybridized carbons (Fsp3) is 0.262. The van der Waals surface area contributed by atoms with Crippen molar-refractivity contribution in [1.82, 2.24) is 93.7 Å². The smallest absolute Gasteiger partial charge is 0.360 e. The van der Waals surface area contributed by atoms with Gasteiger partial charge in [0, 0.05) is 175 Å². The molecule has 11 N–H and O–H groups in total. The number of aliphatic imine (C=N–C) groups is 1. The van der Waals surface area contributed by atoms with Gasteiger partial charge in [-0.1, -0.05) is 82.4 Å². The normalized spacial score (nSPS) is 15.7. The zero-order valence-corrected chi connectivity index (χ0v) is 86.4. The summed E-state index contributed by atoms with van der Waals surface area (Å²) in [6, 6.07) is 48.7. The van der Waals surface area contributed by atoms with E-state index in [4.69, 9.17) is 71.7 Å². The van der Waals surface area contributed by atoms with Crippen LogP contribution in [0, 0.1) is 91.3 Å². The molecule has 0 aliphatic carbocycles. The van der Waals surface area contributed by atoms with Crippen LogP contribution in [-0.2, 0) is 48.1 Å². The Hall–Kier alpha value is -19.3. The summed E-state index contributed by atoms with van der Waals surface area (Å²) in [4.78, 5) is 80.6. The van der Waals surface area contributed by atoms with Crippen LogP contribution in [0.25, 0.3) is 55.6 Å². The number of hydrogen-bond acceptors (Lipinski definition) is 35. The van der Waals surface area contributed by atoms with Gasteiger partial charge >= 0.3 is 12.8 Å². The molecule has 5 aliphatic rings. The molecule has 0 radical (unpaired) electrons. The Morgan fingerprint density at radius 1 is 0.393 bits per heavy atom. The van der Waals surface area contributed by atoms with Crippen LogP contribution < -0.4 is 72.0 Å². The van der Waals surface area contributed by atoms with Crippen LogP contribution in [0.15, 0.2) is 157 Å². The summed E-state index contributed by atoms with van der Waals surface area (Å²) in [5, 5.41) is 76.5. The van der Waals surface area contributed by atoms with Crippen molar-refractivity contribution in [2.45, 2.75) is 119 Å². The van der Waals surface area contributed by atoms with Crippen molar-refractivity contribution < 1.29 is 52.4 Å². The fourth-order valence-corrected chi connectivity index (χ4v) is 17.9. The second kappa shape index (κ2) is 42.5. The molecule has 15 heterocycles. The van der Waals surface area contributed by atoms with Gasteiger partial charge < -0.3 is 76.9 Å². The lowest BCUT2D eigenvalue weighted by atomic mass is 9.65. The first-order valence-corrected chi connectivity index (χ1v) is 47.4. The van der Waals surface area contributed by atoms with Crippen LogP contribution in [0.1, 0.15) is 192 Å². The summed E-state index contributed by atoms with van der Waals surface area (Å²) in [6.07, 6.45) is 6.51. The number of ether oxygens (including phenoxy) is 5. The molecule has 3 amide bonds. The third-order valence-electron chi connectivity index (χ3n) is 25.5. The number of amides is 3. The Morgan fingerprint density at radius 2 is 0.760 bits per heavy atom. The van der Waals surface area contributed by atoms with Gasteiger partial charge in [0.1, 0.15) is 95.1 Å². The number of nitrogen functional groups attached to an aromatic ring is 5. The maximum Gasteiger partial charge on any atom is 0.360 e. The number of benzene rings is 5. The van der Waals surface area contributed by atoms with Crippen LogP contribution in [0.2, 0.25) is 6.82 Å². The molecule has 0 fully saturated rings. The maximum atomic E-state index is 13.3. The van der Waals surface area contributed by atoms with Gasteiger partial charge in [0.2, 0.25) is 5.96 Å². The quantitative estimate of drug-likeness (QED) is 0.0606. The highest BCUT2D eigenvalue weighted by Gasteiger charge is 2.37. The molecule has 10 bridgehead atoms. The average molecular weight is 2020 g/mol. The molecular formula is C107H108BN31O11. The minimum Gasteiger partial charge on any atom is -0.560 e. The third kappa shape index (κ3) is 20.9. The van der Waals surface area contributed by atoms with E-state index in [1.54, 1.807) is 113 Å². The zero-order chi connectivity index (χ0) is 108. The van der Waals surface area contributed by atoms with Crippen molar-refractivity contribution in [3.05, 3.63) is 265 Å². The molecule has 0 unspecified atom stereocenters. The van der Waals surface area contributed by atoms with Gasteiger partial charge in [-0.05, 0) is 154 Å². The van der Waals surface area contributed by atoms with Gasteiger partial charge in [-0.25, -0.2) is 24.9 Å². The standard InChI is InChI=1S/C22H24N8O.C22H20N6O3.C21H22BN5O2.C21H20N6O3.C21H22N6O2/c1-12-6-7-16-15(8-12)13(2)31-18-9-14(11-25-20(18)24)19-17(10-23)30(5)28-21(19)27-22(26-16)29(3)4;1-11-5-6-14-15(7-11)12(2)31-17-8-13(10-25-20(17)24)18-16(9-23)28(4)26-19(18)22(30)27(3)21(14)29;1-12-5-6-18-15(7-12)13(2)28-19-8-14(11-25-21(19)24)20-16(9-22(3)29-18)26-27(4)17(20)10-23;1-11-5-6-16-14(7-11)12(2)29-17-8-13(10-24-20(17)23)18-15(9-22)26(3)25-19(18)21(28)27(4)30-16;1-12-5-6-14-11-26(3)29-21-19(17(9-22)27(4)25-21)15-8-18(20(23)24-10-15)28-13(2)16(14)7-12/h6-9,11,13H,1-5H3,(H2,24,25)(H,26,27,28);5-8,10,12H,1-4H3,(H2,24,25);5-8,11,13H,9H2,1-4H3,(H2,24,25);5-8,10,12H,1-4H3,(H2,23,24);5-8,10,13H,11H2,1-4H3,(H2,23,24)/t13-;12-;13-;12-;13-/m11111/s1. The van der Waals surface area contributed by atoms with Crippen molar-refractivity contribution in [1.29, 1.82) is 26.3 Å². The Labute approximate surface area is 864 Å². The van der Waals surface area contributed by atoms with E-state index < -0.39 is 29.9 Å². The van der Waals surface area contributed by atoms with Crippen molar-refractivity contribution in [2.75, 3.05) is 69.2 Å².